The molecule has 3 unspecified atom stereocenters. The third-order valence-corrected chi connectivity index (χ3v) is 10.2. The number of carbonyl (C=O) groups excluding carboxylic acids is 1. The summed E-state index contributed by atoms with van der Waals surface area (Å²) >= 11 is 5.95. The summed E-state index contributed by atoms with van der Waals surface area (Å²) in [5.74, 6) is -5.67. The van der Waals surface area contributed by atoms with E-state index in [1.807, 2.05) is 0 Å². The summed E-state index contributed by atoms with van der Waals surface area (Å²) in [7, 11) is -1.04. The van der Waals surface area contributed by atoms with E-state index in [9.17, 15) is 22.2 Å². The first-order valence-electron chi connectivity index (χ1n) is 12.5. The molecule has 0 radical (unpaired) electrons. The molecule has 40 heavy (non-hydrogen) atoms. The van der Waals surface area contributed by atoms with Gasteiger partial charge in [-0.25, -0.2) is 18.3 Å². The number of anilines is 2. The van der Waals surface area contributed by atoms with Gasteiger partial charge in [-0.15, -0.1) is 0 Å². The Morgan fingerprint density at radius 1 is 1.18 bits per heavy atom. The molecular formula is C25H24ClF5N6O2S. The number of nitrogens with zero attached hydrogens (tertiary/aromatic N) is 5. The van der Waals surface area contributed by atoms with E-state index >= 15 is 8.78 Å². The third-order valence-electron chi connectivity index (χ3n) is 8.65. The van der Waals surface area contributed by atoms with E-state index in [1.165, 1.54) is 42.4 Å². The van der Waals surface area contributed by atoms with E-state index in [0.29, 0.717) is 12.8 Å². The van der Waals surface area contributed by atoms with Gasteiger partial charge in [0.2, 0.25) is 5.91 Å². The van der Waals surface area contributed by atoms with Gasteiger partial charge >= 0.3 is 6.18 Å². The van der Waals surface area contributed by atoms with Gasteiger partial charge in [0.15, 0.2) is 10.8 Å². The number of nitrogens with one attached hydrogen (secondary N) is 1. The number of hydrogen-bond donors (Lipinski definition) is 1. The van der Waals surface area contributed by atoms with E-state index in [1.54, 1.807) is 6.26 Å². The molecule has 1 aliphatic heterocycles. The zero-order valence-corrected chi connectivity index (χ0v) is 23.0. The Labute approximate surface area is 232 Å². The van der Waals surface area contributed by atoms with Crippen LogP contribution in [0.2, 0.25) is 5.15 Å². The lowest BCUT2D eigenvalue weighted by Crippen LogP contribution is -2.50. The average Bonchev–Trinajstić information content (AvgIpc) is 3.12. The van der Waals surface area contributed by atoms with E-state index in [4.69, 9.17) is 11.6 Å². The highest BCUT2D eigenvalue weighted by molar-refractivity contribution is 7.84. The molecule has 0 bridgehead atoms. The van der Waals surface area contributed by atoms with Crippen LogP contribution in [0.4, 0.5) is 33.3 Å². The zero-order chi connectivity index (χ0) is 29.0. The second kappa shape index (κ2) is 8.57. The summed E-state index contributed by atoms with van der Waals surface area (Å²) in [6.45, 7) is 1.71. The Balaban J connectivity index is 1.28. The maximum Gasteiger partial charge on any atom is 0.401 e. The second-order valence-electron chi connectivity index (χ2n) is 11.1. The van der Waals surface area contributed by atoms with Gasteiger partial charge in [-0.05, 0) is 38.8 Å². The molecule has 3 aliphatic rings. The monoisotopic (exact) mass is 602 g/mol. The summed E-state index contributed by atoms with van der Waals surface area (Å²) in [6.07, 6.45) is 0.361. The maximum absolute atomic E-state index is 15.0. The third kappa shape index (κ3) is 3.70. The Bertz CT molecular complexity index is 1560. The predicted octanol–water partition coefficient (Wildman–Crippen LogP) is 4.51. The van der Waals surface area contributed by atoms with Gasteiger partial charge in [-0.3, -0.25) is 14.0 Å². The molecule has 6 rings (SSSR count). The van der Waals surface area contributed by atoms with Crippen molar-refractivity contribution in [2.45, 2.75) is 61.4 Å². The number of hydrogen-bond acceptors (Lipinski definition) is 6. The SMILES string of the molecule is CS(=O)C1CC(NC(=O)C2(C)C(c3ccc(N4C[C@@](C)(C(F)(F)F)c5c4cnc4cc(Cl)nn54)cn3)C2(F)F)C1. The van der Waals surface area contributed by atoms with Crippen molar-refractivity contribution in [1.29, 1.82) is 0 Å². The van der Waals surface area contributed by atoms with Gasteiger partial charge in [-0.1, -0.05) is 11.6 Å². The van der Waals surface area contributed by atoms with Crippen LogP contribution in [0.5, 0.6) is 0 Å². The fourth-order valence-electron chi connectivity index (χ4n) is 5.85. The van der Waals surface area contributed by atoms with E-state index in [0.717, 1.165) is 11.4 Å². The molecule has 4 heterocycles. The van der Waals surface area contributed by atoms with Crippen molar-refractivity contribution in [3.63, 3.8) is 0 Å². The predicted molar refractivity (Wildman–Crippen MR) is 137 cm³/mol. The Kier molecular flexibility index (Phi) is 5.85. The van der Waals surface area contributed by atoms with Gasteiger partial charge in [0.25, 0.3) is 5.92 Å². The minimum atomic E-state index is -4.66. The standard InChI is InChI=1S/C25H24ClF5N6O2S/c1-22(25(29,30)31)11-36(16-10-33-18-8-17(26)35-37(18)20(16)22)13-4-5-15(32-9-13)19-23(2,24(19,27)28)21(38)34-12-6-14(7-12)40(3)39/h4-5,8-10,12,14,19H,6-7,11H2,1-3H3,(H,34,38)/t12?,14?,19?,22-,23?,40?/m1/s1. The molecule has 214 valence electrons. The number of rotatable bonds is 5. The highest BCUT2D eigenvalue weighted by Crippen LogP contribution is 2.71. The summed E-state index contributed by atoms with van der Waals surface area (Å²) < 4.78 is 85.8. The average molecular weight is 603 g/mol. The molecule has 3 aromatic heterocycles. The summed E-state index contributed by atoms with van der Waals surface area (Å²) in [4.78, 5) is 22.6. The Morgan fingerprint density at radius 3 is 2.48 bits per heavy atom. The lowest BCUT2D eigenvalue weighted by atomic mass is 9.87. The van der Waals surface area contributed by atoms with Crippen molar-refractivity contribution < 1.29 is 31.0 Å². The van der Waals surface area contributed by atoms with E-state index in [2.05, 4.69) is 20.4 Å². The largest absolute Gasteiger partial charge is 0.401 e. The lowest BCUT2D eigenvalue weighted by molar-refractivity contribution is -0.181. The van der Waals surface area contributed by atoms with Crippen LogP contribution >= 0.6 is 11.6 Å². The summed E-state index contributed by atoms with van der Waals surface area (Å²) in [5.41, 5.74) is -4.04. The first kappa shape index (κ1) is 27.3. The van der Waals surface area contributed by atoms with Crippen LogP contribution in [0.25, 0.3) is 5.65 Å². The molecule has 0 saturated heterocycles. The van der Waals surface area contributed by atoms with E-state index in [-0.39, 0.29) is 44.9 Å². The molecule has 15 heteroatoms. The fourth-order valence-corrected chi connectivity index (χ4v) is 7.03. The molecule has 1 amide bonds. The van der Waals surface area contributed by atoms with Gasteiger partial charge in [0, 0.05) is 41.0 Å². The quantitative estimate of drug-likeness (QED) is 0.432. The van der Waals surface area contributed by atoms with Crippen molar-refractivity contribution in [3.05, 3.63) is 47.1 Å². The topological polar surface area (TPSA) is 92.5 Å². The van der Waals surface area contributed by atoms with Gasteiger partial charge in [0.1, 0.15) is 10.8 Å². The van der Waals surface area contributed by atoms with Crippen molar-refractivity contribution in [2.24, 2.45) is 5.41 Å². The molecule has 4 atom stereocenters. The number of carbonyl (C=O) groups is 1. The fraction of sp³-hybridized carbons (Fsp3) is 0.520. The number of amides is 1. The number of aromatic nitrogens is 4. The number of fused-ring (bicyclic) bond motifs is 3. The van der Waals surface area contributed by atoms with Gasteiger partial charge < -0.3 is 10.2 Å². The van der Waals surface area contributed by atoms with Crippen molar-refractivity contribution in [1.82, 2.24) is 24.9 Å². The molecule has 8 nitrogen and oxygen atoms in total. The van der Waals surface area contributed by atoms with Crippen molar-refractivity contribution in [2.75, 3.05) is 17.7 Å². The van der Waals surface area contributed by atoms with Gasteiger partial charge in [0.05, 0.1) is 41.1 Å². The second-order valence-corrected chi connectivity index (χ2v) is 13.2. The molecular weight excluding hydrogens is 579 g/mol. The highest BCUT2D eigenvalue weighted by Gasteiger charge is 2.83. The Morgan fingerprint density at radius 2 is 1.88 bits per heavy atom. The van der Waals surface area contributed by atoms with Crippen LogP contribution in [0.3, 0.4) is 0 Å². The van der Waals surface area contributed by atoms with Crippen LogP contribution in [0, 0.1) is 5.41 Å². The lowest BCUT2D eigenvalue weighted by Gasteiger charge is -2.35. The smallest absolute Gasteiger partial charge is 0.353 e. The number of pyridine rings is 1. The normalized spacial score (nSPS) is 31.5. The minimum absolute atomic E-state index is 0.00944. The van der Waals surface area contributed by atoms with Gasteiger partial charge in [-0.2, -0.15) is 18.3 Å². The molecule has 0 spiro atoms. The van der Waals surface area contributed by atoms with Crippen LogP contribution < -0.4 is 10.2 Å². The molecule has 2 saturated carbocycles. The number of halogens is 6. The zero-order valence-electron chi connectivity index (χ0n) is 21.5. The highest BCUT2D eigenvalue weighted by atomic mass is 35.5. The Hall–Kier alpha value is -2.87. The molecule has 1 N–H and O–H groups in total. The van der Waals surface area contributed by atoms with E-state index < -0.39 is 52.1 Å². The van der Waals surface area contributed by atoms with Crippen LogP contribution in [0.1, 0.15) is 44.0 Å². The van der Waals surface area contributed by atoms with Crippen molar-refractivity contribution >= 4 is 45.3 Å². The maximum atomic E-state index is 15.0. The molecule has 0 aromatic carbocycles. The summed E-state index contributed by atoms with van der Waals surface area (Å²) in [6, 6.07) is 3.77. The summed E-state index contributed by atoms with van der Waals surface area (Å²) in [5, 5.41) is 6.57. The van der Waals surface area contributed by atoms with Crippen LogP contribution in [-0.2, 0) is 21.0 Å². The van der Waals surface area contributed by atoms with Crippen LogP contribution in [0.15, 0.2) is 30.6 Å². The first-order chi connectivity index (χ1) is 18.6. The van der Waals surface area contributed by atoms with Crippen LogP contribution in [-0.4, -0.2) is 65.9 Å². The molecule has 2 aliphatic carbocycles. The molecule has 3 aromatic rings. The molecule has 2 fully saturated rings. The first-order valence-corrected chi connectivity index (χ1v) is 14.5. The number of alkyl halides is 5. The van der Waals surface area contributed by atoms with Crippen molar-refractivity contribution in [3.8, 4) is 0 Å². The minimum Gasteiger partial charge on any atom is -0.353 e.